The summed E-state index contributed by atoms with van der Waals surface area (Å²) in [7, 11) is 0. The van der Waals surface area contributed by atoms with Gasteiger partial charge in [0.2, 0.25) is 6.79 Å². The molecule has 1 aliphatic heterocycles. The highest BCUT2D eigenvalue weighted by Crippen LogP contribution is 2.36. The summed E-state index contributed by atoms with van der Waals surface area (Å²) in [5.41, 5.74) is 0.749. The maximum atomic E-state index is 12.1. The number of pyridine rings is 1. The summed E-state index contributed by atoms with van der Waals surface area (Å²) < 4.78 is 46.8. The number of anilines is 1. The predicted octanol–water partition coefficient (Wildman–Crippen LogP) is 1.93. The molecule has 1 amide bonds. The fourth-order valence-corrected chi connectivity index (χ4v) is 2.24. The second-order valence-corrected chi connectivity index (χ2v) is 5.07. The van der Waals surface area contributed by atoms with Gasteiger partial charge < -0.3 is 20.1 Å². The smallest absolute Gasteiger partial charge is 0.454 e. The molecule has 3 rings (SSSR count). The lowest BCUT2D eigenvalue weighted by atomic mass is 10.1. The van der Waals surface area contributed by atoms with Crippen molar-refractivity contribution < 1.29 is 27.4 Å². The van der Waals surface area contributed by atoms with Crippen LogP contribution in [-0.4, -0.2) is 36.9 Å². The lowest BCUT2D eigenvalue weighted by molar-refractivity contribution is -0.173. The van der Waals surface area contributed by atoms with Crippen LogP contribution in [0.4, 0.5) is 19.0 Å². The summed E-state index contributed by atoms with van der Waals surface area (Å²) >= 11 is 0. The average Bonchev–Trinajstić information content (AvgIpc) is 3.01. The van der Waals surface area contributed by atoms with E-state index in [1.165, 1.54) is 0 Å². The van der Waals surface area contributed by atoms with Crippen LogP contribution in [0.1, 0.15) is 5.56 Å². The van der Waals surface area contributed by atoms with E-state index in [-0.39, 0.29) is 31.3 Å². The van der Waals surface area contributed by atoms with E-state index in [4.69, 9.17) is 9.47 Å². The monoisotopic (exact) mass is 352 g/mol. The molecule has 0 atom stereocenters. The Morgan fingerprint density at radius 1 is 1.24 bits per heavy atom. The minimum atomic E-state index is -4.93. The number of hydrogen-bond acceptors (Lipinski definition) is 6. The van der Waals surface area contributed by atoms with Gasteiger partial charge in [0.25, 0.3) is 0 Å². The normalized spacial score (nSPS) is 12.7. The van der Waals surface area contributed by atoms with Gasteiger partial charge in [-0.1, -0.05) is 0 Å². The number of benzene rings is 1. The molecule has 130 valence electrons. The number of nitrogens with zero attached hydrogens (tertiary/aromatic N) is 2. The predicted molar refractivity (Wildman–Crippen MR) is 80.1 cm³/mol. The summed E-state index contributed by atoms with van der Waals surface area (Å²) in [5, 5.41) is 14.4. The first-order chi connectivity index (χ1) is 11.9. The van der Waals surface area contributed by atoms with Gasteiger partial charge in [-0.25, -0.2) is 4.98 Å². The Hall–Kier alpha value is -3.22. The minimum Gasteiger partial charge on any atom is -0.454 e. The van der Waals surface area contributed by atoms with Crippen molar-refractivity contribution in [1.82, 2.24) is 10.3 Å². The average molecular weight is 352 g/mol. The molecule has 0 aliphatic carbocycles. The third-order valence-electron chi connectivity index (χ3n) is 3.39. The SMILES string of the molecule is N#Cc1cc2cc3c(cc2nc1NCCNC(=O)C(F)(F)F)OCO3. The fourth-order valence-electron chi connectivity index (χ4n) is 2.24. The number of hydrogen-bond donors (Lipinski definition) is 2. The van der Waals surface area contributed by atoms with Gasteiger partial charge in [-0.05, 0) is 12.1 Å². The van der Waals surface area contributed by atoms with Gasteiger partial charge in [0.05, 0.1) is 11.1 Å². The molecule has 2 N–H and O–H groups in total. The van der Waals surface area contributed by atoms with Gasteiger partial charge in [0.15, 0.2) is 11.5 Å². The summed E-state index contributed by atoms with van der Waals surface area (Å²) in [6.07, 6.45) is -4.93. The van der Waals surface area contributed by atoms with Crippen molar-refractivity contribution in [2.24, 2.45) is 0 Å². The molecule has 0 saturated heterocycles. The molecule has 1 aliphatic rings. The first-order valence-electron chi connectivity index (χ1n) is 7.12. The molecule has 1 aromatic heterocycles. The van der Waals surface area contributed by atoms with E-state index < -0.39 is 12.1 Å². The highest BCUT2D eigenvalue weighted by Gasteiger charge is 2.38. The molecule has 7 nitrogen and oxygen atoms in total. The standard InChI is InChI=1S/C15H11F3N4O3/c16-15(17,18)14(23)21-2-1-20-13-9(6-19)3-8-4-11-12(25-7-24-11)5-10(8)22-13/h3-5H,1-2,7H2,(H,20,22)(H,21,23). The Morgan fingerprint density at radius 3 is 2.64 bits per heavy atom. The van der Waals surface area contributed by atoms with E-state index in [0.717, 1.165) is 0 Å². The van der Waals surface area contributed by atoms with Crippen LogP contribution in [-0.2, 0) is 4.79 Å². The van der Waals surface area contributed by atoms with Crippen LogP contribution < -0.4 is 20.1 Å². The zero-order valence-electron chi connectivity index (χ0n) is 12.6. The van der Waals surface area contributed by atoms with Crippen LogP contribution in [0.25, 0.3) is 10.9 Å². The first kappa shape index (κ1) is 16.6. The van der Waals surface area contributed by atoms with E-state index in [2.05, 4.69) is 10.3 Å². The van der Waals surface area contributed by atoms with Crippen molar-refractivity contribution in [3.63, 3.8) is 0 Å². The molecule has 2 aromatic rings. The van der Waals surface area contributed by atoms with Crippen molar-refractivity contribution in [2.45, 2.75) is 6.18 Å². The van der Waals surface area contributed by atoms with Gasteiger partial charge in [-0.2, -0.15) is 18.4 Å². The number of halogens is 3. The van der Waals surface area contributed by atoms with Crippen molar-refractivity contribution in [2.75, 3.05) is 25.2 Å². The van der Waals surface area contributed by atoms with Crippen molar-refractivity contribution >= 4 is 22.6 Å². The van der Waals surface area contributed by atoms with Crippen molar-refractivity contribution in [1.29, 1.82) is 5.26 Å². The van der Waals surface area contributed by atoms with Gasteiger partial charge in [-0.3, -0.25) is 4.79 Å². The number of amides is 1. The second kappa shape index (κ2) is 6.35. The molecule has 1 aromatic carbocycles. The molecule has 0 spiro atoms. The zero-order chi connectivity index (χ0) is 18.0. The van der Waals surface area contributed by atoms with Crippen molar-refractivity contribution in [3.05, 3.63) is 23.8 Å². The van der Waals surface area contributed by atoms with E-state index in [9.17, 15) is 23.2 Å². The molecule has 2 heterocycles. The number of ether oxygens (including phenoxy) is 2. The first-order valence-corrected chi connectivity index (χ1v) is 7.12. The quantitative estimate of drug-likeness (QED) is 0.817. The molecule has 0 radical (unpaired) electrons. The number of alkyl halides is 3. The maximum Gasteiger partial charge on any atom is 0.471 e. The fraction of sp³-hybridized carbons (Fsp3) is 0.267. The second-order valence-electron chi connectivity index (χ2n) is 5.07. The molecule has 0 saturated carbocycles. The number of nitrogens with one attached hydrogen (secondary N) is 2. The number of carbonyl (C=O) groups excluding carboxylic acids is 1. The van der Waals surface area contributed by atoms with E-state index in [1.807, 2.05) is 6.07 Å². The van der Waals surface area contributed by atoms with E-state index in [0.29, 0.717) is 22.4 Å². The van der Waals surface area contributed by atoms with Gasteiger partial charge in [0.1, 0.15) is 11.9 Å². The topological polar surface area (TPSA) is 96.3 Å². The summed E-state index contributed by atoms with van der Waals surface area (Å²) in [5.74, 6) is -0.744. The number of fused-ring (bicyclic) bond motifs is 2. The molecule has 0 fully saturated rings. The summed E-state index contributed by atoms with van der Waals surface area (Å²) in [6, 6.07) is 6.89. The third-order valence-corrected chi connectivity index (χ3v) is 3.39. The Labute approximate surface area is 139 Å². The molecule has 10 heteroatoms. The van der Waals surface area contributed by atoms with Crippen LogP contribution >= 0.6 is 0 Å². The van der Waals surface area contributed by atoms with Crippen molar-refractivity contribution in [3.8, 4) is 17.6 Å². The number of carbonyl (C=O) groups is 1. The van der Waals surface area contributed by atoms with E-state index >= 15 is 0 Å². The highest BCUT2D eigenvalue weighted by molar-refractivity contribution is 5.86. The molecular formula is C15H11F3N4O3. The molecule has 25 heavy (non-hydrogen) atoms. The third kappa shape index (κ3) is 3.50. The van der Waals surface area contributed by atoms with Crippen LogP contribution in [0.15, 0.2) is 18.2 Å². The number of rotatable bonds is 4. The Bertz CT molecular complexity index is 877. The molecular weight excluding hydrogens is 341 g/mol. The Morgan fingerprint density at radius 2 is 1.96 bits per heavy atom. The van der Waals surface area contributed by atoms with Crippen LogP contribution in [0.2, 0.25) is 0 Å². The van der Waals surface area contributed by atoms with Gasteiger partial charge >= 0.3 is 12.1 Å². The largest absolute Gasteiger partial charge is 0.471 e. The number of aromatic nitrogens is 1. The maximum absolute atomic E-state index is 12.1. The number of nitriles is 1. The van der Waals surface area contributed by atoms with E-state index in [1.54, 1.807) is 23.5 Å². The Balaban J connectivity index is 1.74. The Kier molecular flexibility index (Phi) is 4.22. The van der Waals surface area contributed by atoms with Gasteiger partial charge in [-0.15, -0.1) is 0 Å². The minimum absolute atomic E-state index is 0.0282. The lowest BCUT2D eigenvalue weighted by Crippen LogP contribution is -2.39. The summed E-state index contributed by atoms with van der Waals surface area (Å²) in [4.78, 5) is 15.0. The molecule has 0 bridgehead atoms. The highest BCUT2D eigenvalue weighted by atomic mass is 19.4. The zero-order valence-corrected chi connectivity index (χ0v) is 12.6. The van der Waals surface area contributed by atoms with Gasteiger partial charge in [0, 0.05) is 24.5 Å². The summed E-state index contributed by atoms with van der Waals surface area (Å²) in [6.45, 7) is -0.204. The van der Waals surface area contributed by atoms with Crippen LogP contribution in [0, 0.1) is 11.3 Å². The lowest BCUT2D eigenvalue weighted by Gasteiger charge is -2.11. The van der Waals surface area contributed by atoms with Crippen LogP contribution in [0.5, 0.6) is 11.5 Å². The van der Waals surface area contributed by atoms with Crippen LogP contribution in [0.3, 0.4) is 0 Å². The molecule has 0 unspecified atom stereocenters.